The SMILES string of the molecule is CCc1oc(-c2cccc(OC)c2)nc1CO[C@H]1CCC[C@@H](C(=O)N[C@H](C(=O)O)C(C)C)C1. The van der Waals surface area contributed by atoms with Gasteiger partial charge in [-0.3, -0.25) is 4.79 Å². The lowest BCUT2D eigenvalue weighted by molar-refractivity contribution is -0.144. The predicted molar refractivity (Wildman–Crippen MR) is 123 cm³/mol. The number of amides is 1. The number of aryl methyl sites for hydroxylation is 1. The number of benzene rings is 1. The Balaban J connectivity index is 1.62. The summed E-state index contributed by atoms with van der Waals surface area (Å²) in [5, 5.41) is 12.1. The van der Waals surface area contributed by atoms with Gasteiger partial charge < -0.3 is 24.3 Å². The molecule has 8 nitrogen and oxygen atoms in total. The second-order valence-corrected chi connectivity index (χ2v) is 8.84. The maximum Gasteiger partial charge on any atom is 0.326 e. The molecule has 33 heavy (non-hydrogen) atoms. The van der Waals surface area contributed by atoms with Gasteiger partial charge in [0.25, 0.3) is 0 Å². The molecule has 3 atom stereocenters. The van der Waals surface area contributed by atoms with Crippen LogP contribution in [-0.2, 0) is 27.4 Å². The molecule has 180 valence electrons. The zero-order valence-electron chi connectivity index (χ0n) is 19.8. The van der Waals surface area contributed by atoms with E-state index in [1.165, 1.54) is 0 Å². The lowest BCUT2D eigenvalue weighted by Gasteiger charge is -2.29. The van der Waals surface area contributed by atoms with E-state index in [-0.39, 0.29) is 23.8 Å². The highest BCUT2D eigenvalue weighted by molar-refractivity contribution is 5.85. The molecule has 0 aliphatic heterocycles. The average molecular weight is 459 g/mol. The highest BCUT2D eigenvalue weighted by Crippen LogP contribution is 2.30. The monoisotopic (exact) mass is 458 g/mol. The first-order chi connectivity index (χ1) is 15.8. The van der Waals surface area contributed by atoms with Crippen molar-refractivity contribution in [3.8, 4) is 17.2 Å². The molecular weight excluding hydrogens is 424 g/mol. The van der Waals surface area contributed by atoms with Crippen molar-refractivity contribution in [3.05, 3.63) is 35.7 Å². The first kappa shape index (κ1) is 24.8. The van der Waals surface area contributed by atoms with Gasteiger partial charge in [-0.1, -0.05) is 33.3 Å². The molecule has 2 N–H and O–H groups in total. The lowest BCUT2D eigenvalue weighted by Crippen LogP contribution is -2.47. The number of oxazole rings is 1. The van der Waals surface area contributed by atoms with Crippen molar-refractivity contribution >= 4 is 11.9 Å². The van der Waals surface area contributed by atoms with Crippen molar-refractivity contribution in [1.29, 1.82) is 0 Å². The number of aliphatic carboxylic acids is 1. The fourth-order valence-corrected chi connectivity index (χ4v) is 4.17. The van der Waals surface area contributed by atoms with Crippen LogP contribution in [-0.4, -0.2) is 41.2 Å². The summed E-state index contributed by atoms with van der Waals surface area (Å²) in [5.74, 6) is 0.390. The van der Waals surface area contributed by atoms with Gasteiger partial charge in [-0.25, -0.2) is 9.78 Å². The number of hydrogen-bond acceptors (Lipinski definition) is 6. The van der Waals surface area contributed by atoms with Crippen molar-refractivity contribution in [3.63, 3.8) is 0 Å². The van der Waals surface area contributed by atoms with Crippen LogP contribution in [0.15, 0.2) is 28.7 Å². The number of hydrogen-bond donors (Lipinski definition) is 2. The van der Waals surface area contributed by atoms with Crippen molar-refractivity contribution in [2.24, 2.45) is 11.8 Å². The minimum Gasteiger partial charge on any atom is -0.497 e. The molecule has 1 aliphatic rings. The van der Waals surface area contributed by atoms with Gasteiger partial charge in [0.1, 0.15) is 23.2 Å². The maximum absolute atomic E-state index is 12.7. The molecule has 1 aliphatic carbocycles. The van der Waals surface area contributed by atoms with Gasteiger partial charge in [-0.15, -0.1) is 0 Å². The third kappa shape index (κ3) is 6.35. The minimum atomic E-state index is -1.01. The summed E-state index contributed by atoms with van der Waals surface area (Å²) in [6, 6.07) is 6.68. The standard InChI is InChI=1S/C25H34N2O6/c1-5-21-20(26-24(33-21)17-9-7-10-18(13-17)31-4)14-32-19-11-6-8-16(12-19)23(28)27-22(15(2)3)25(29)30/h7,9-10,13,15-16,19,22H,5-6,8,11-12,14H2,1-4H3,(H,27,28)(H,29,30)/t16-,19+,22+/m1/s1. The molecule has 3 rings (SSSR count). The summed E-state index contributed by atoms with van der Waals surface area (Å²) in [5.41, 5.74) is 1.59. The van der Waals surface area contributed by atoms with Crippen LogP contribution in [0.4, 0.5) is 0 Å². The number of carbonyl (C=O) groups excluding carboxylic acids is 1. The second kappa shape index (κ2) is 11.3. The molecular formula is C25H34N2O6. The molecule has 1 aromatic heterocycles. The van der Waals surface area contributed by atoms with Crippen LogP contribution >= 0.6 is 0 Å². The molecule has 0 spiro atoms. The fraction of sp³-hybridized carbons (Fsp3) is 0.560. The number of carboxylic acid groups (broad SMARTS) is 1. The Bertz CT molecular complexity index is 954. The average Bonchev–Trinajstić information content (AvgIpc) is 3.24. The summed E-state index contributed by atoms with van der Waals surface area (Å²) in [6.07, 6.45) is 3.63. The summed E-state index contributed by atoms with van der Waals surface area (Å²) >= 11 is 0. The number of rotatable bonds is 10. The highest BCUT2D eigenvalue weighted by Gasteiger charge is 2.32. The van der Waals surface area contributed by atoms with E-state index in [4.69, 9.17) is 13.9 Å². The smallest absolute Gasteiger partial charge is 0.326 e. The van der Waals surface area contributed by atoms with E-state index in [1.54, 1.807) is 21.0 Å². The van der Waals surface area contributed by atoms with E-state index in [2.05, 4.69) is 10.3 Å². The largest absolute Gasteiger partial charge is 0.497 e. The molecule has 1 fully saturated rings. The summed E-state index contributed by atoms with van der Waals surface area (Å²) in [4.78, 5) is 28.8. The van der Waals surface area contributed by atoms with E-state index in [1.807, 2.05) is 31.2 Å². The summed E-state index contributed by atoms with van der Waals surface area (Å²) in [6.45, 7) is 5.89. The van der Waals surface area contributed by atoms with Crippen LogP contribution in [0, 0.1) is 11.8 Å². The molecule has 8 heteroatoms. The van der Waals surface area contributed by atoms with Crippen LogP contribution in [0.3, 0.4) is 0 Å². The molecule has 1 aromatic carbocycles. The Morgan fingerprint density at radius 1 is 1.30 bits per heavy atom. The number of ether oxygens (including phenoxy) is 2. The second-order valence-electron chi connectivity index (χ2n) is 8.84. The number of nitrogens with one attached hydrogen (secondary N) is 1. The van der Waals surface area contributed by atoms with Crippen molar-refractivity contribution in [2.75, 3.05) is 7.11 Å². The van der Waals surface area contributed by atoms with Crippen molar-refractivity contribution < 1.29 is 28.6 Å². The first-order valence-corrected chi connectivity index (χ1v) is 11.6. The molecule has 1 heterocycles. The third-order valence-corrected chi connectivity index (χ3v) is 6.10. The van der Waals surface area contributed by atoms with Crippen molar-refractivity contribution in [1.82, 2.24) is 10.3 Å². The lowest BCUT2D eigenvalue weighted by atomic mass is 9.86. The number of carbonyl (C=O) groups is 2. The molecule has 2 aromatic rings. The van der Waals surface area contributed by atoms with Gasteiger partial charge in [0.2, 0.25) is 11.8 Å². The van der Waals surface area contributed by atoms with E-state index >= 15 is 0 Å². The van der Waals surface area contributed by atoms with Gasteiger partial charge in [0, 0.05) is 17.9 Å². The van der Waals surface area contributed by atoms with E-state index in [0.29, 0.717) is 25.3 Å². The molecule has 1 saturated carbocycles. The van der Waals surface area contributed by atoms with Gasteiger partial charge in [0.05, 0.1) is 19.8 Å². The Hall–Kier alpha value is -2.87. The van der Waals surface area contributed by atoms with Crippen molar-refractivity contribution in [2.45, 2.75) is 71.6 Å². The van der Waals surface area contributed by atoms with Gasteiger partial charge in [-0.2, -0.15) is 0 Å². The maximum atomic E-state index is 12.7. The van der Waals surface area contributed by atoms with Gasteiger partial charge in [0.15, 0.2) is 0 Å². The minimum absolute atomic E-state index is 0.0847. The van der Waals surface area contributed by atoms with E-state index in [9.17, 15) is 14.7 Å². The fourth-order valence-electron chi connectivity index (χ4n) is 4.17. The van der Waals surface area contributed by atoms with Crippen LogP contribution in [0.1, 0.15) is 57.9 Å². The van der Waals surface area contributed by atoms with Crippen LogP contribution in [0.25, 0.3) is 11.5 Å². The summed E-state index contributed by atoms with van der Waals surface area (Å²) < 4.78 is 17.4. The third-order valence-electron chi connectivity index (χ3n) is 6.10. The van der Waals surface area contributed by atoms with Gasteiger partial charge >= 0.3 is 5.97 Å². The molecule has 0 saturated heterocycles. The Labute approximate surface area is 194 Å². The first-order valence-electron chi connectivity index (χ1n) is 11.6. The van der Waals surface area contributed by atoms with Gasteiger partial charge in [-0.05, 0) is 43.4 Å². The predicted octanol–water partition coefficient (Wildman–Crippen LogP) is 4.21. The highest BCUT2D eigenvalue weighted by atomic mass is 16.5. The summed E-state index contributed by atoms with van der Waals surface area (Å²) in [7, 11) is 1.62. The zero-order valence-corrected chi connectivity index (χ0v) is 19.8. The van der Waals surface area contributed by atoms with E-state index < -0.39 is 12.0 Å². The Kier molecular flexibility index (Phi) is 8.49. The quantitative estimate of drug-likeness (QED) is 0.548. The number of aromatic nitrogens is 1. The molecule has 0 bridgehead atoms. The van der Waals surface area contributed by atoms with Crippen LogP contribution in [0.2, 0.25) is 0 Å². The van der Waals surface area contributed by atoms with Crippen LogP contribution < -0.4 is 10.1 Å². The number of methoxy groups -OCH3 is 1. The Morgan fingerprint density at radius 3 is 2.76 bits per heavy atom. The molecule has 0 unspecified atom stereocenters. The van der Waals surface area contributed by atoms with Crippen LogP contribution in [0.5, 0.6) is 5.75 Å². The van der Waals surface area contributed by atoms with E-state index in [0.717, 1.165) is 42.0 Å². The number of carboxylic acids is 1. The normalized spacial score (nSPS) is 19.3. The Morgan fingerprint density at radius 2 is 2.09 bits per heavy atom. The topological polar surface area (TPSA) is 111 Å². The number of nitrogens with zero attached hydrogens (tertiary/aromatic N) is 1. The molecule has 1 amide bonds. The molecule has 0 radical (unpaired) electrons. The zero-order chi connectivity index (χ0) is 24.0.